The van der Waals surface area contributed by atoms with Crippen LogP contribution in [0.3, 0.4) is 0 Å². The molecule has 0 spiro atoms. The van der Waals surface area contributed by atoms with Crippen LogP contribution in [-0.4, -0.2) is 19.7 Å². The summed E-state index contributed by atoms with van der Waals surface area (Å²) in [5.74, 6) is 0.836. The highest BCUT2D eigenvalue weighted by Crippen LogP contribution is 2.35. The van der Waals surface area contributed by atoms with Gasteiger partial charge in [-0.2, -0.15) is 4.98 Å². The van der Waals surface area contributed by atoms with E-state index in [1.165, 1.54) is 11.3 Å². The molecule has 2 aromatic carbocycles. The van der Waals surface area contributed by atoms with E-state index in [9.17, 15) is 4.79 Å². The van der Waals surface area contributed by atoms with Crippen molar-refractivity contribution in [1.29, 1.82) is 0 Å². The van der Waals surface area contributed by atoms with Gasteiger partial charge in [-0.1, -0.05) is 47.1 Å². The highest BCUT2D eigenvalue weighted by molar-refractivity contribution is 7.22. The molecule has 5 rings (SSSR count). The summed E-state index contributed by atoms with van der Waals surface area (Å²) in [6.07, 6.45) is 1.59. The zero-order valence-corrected chi connectivity index (χ0v) is 17.4. The monoisotopic (exact) mass is 434 g/mol. The molecule has 3 aromatic heterocycles. The first kappa shape index (κ1) is 18.7. The van der Waals surface area contributed by atoms with Crippen LogP contribution in [0.15, 0.2) is 70.2 Å². The average Bonchev–Trinajstić information content (AvgIpc) is 3.37. The first-order chi connectivity index (χ1) is 14.6. The Labute approximate surface area is 180 Å². The molecule has 6 nitrogen and oxygen atoms in total. The number of hydrogen-bond acceptors (Lipinski definition) is 6. The summed E-state index contributed by atoms with van der Waals surface area (Å²) in [4.78, 5) is 23.5. The van der Waals surface area contributed by atoms with Gasteiger partial charge in [0.1, 0.15) is 4.83 Å². The van der Waals surface area contributed by atoms with Gasteiger partial charge < -0.3 is 4.52 Å². The predicted octanol–water partition coefficient (Wildman–Crippen LogP) is 5.19. The zero-order valence-electron chi connectivity index (χ0n) is 15.9. The van der Waals surface area contributed by atoms with Crippen LogP contribution in [0.4, 0.5) is 0 Å². The second-order valence-electron chi connectivity index (χ2n) is 6.83. The van der Waals surface area contributed by atoms with Gasteiger partial charge in [0.2, 0.25) is 5.82 Å². The van der Waals surface area contributed by atoms with E-state index in [2.05, 4.69) is 15.1 Å². The number of thiophene rings is 1. The SMILES string of the molecule is Cc1c(-c2nc(-c3ccc(Cl)cc3)no2)sc2ncn(Cc3ccccc3)c(=O)c12. The second kappa shape index (κ2) is 7.51. The molecular formula is C22H15ClN4O2S. The number of fused-ring (bicyclic) bond motifs is 1. The van der Waals surface area contributed by atoms with Gasteiger partial charge in [-0.3, -0.25) is 9.36 Å². The van der Waals surface area contributed by atoms with Gasteiger partial charge in [0, 0.05) is 10.6 Å². The summed E-state index contributed by atoms with van der Waals surface area (Å²) >= 11 is 7.32. The molecule has 5 aromatic rings. The van der Waals surface area contributed by atoms with E-state index in [0.717, 1.165) is 21.6 Å². The third-order valence-corrected chi connectivity index (χ3v) is 6.28. The molecule has 30 heavy (non-hydrogen) atoms. The molecular weight excluding hydrogens is 420 g/mol. The fourth-order valence-corrected chi connectivity index (χ4v) is 4.47. The minimum Gasteiger partial charge on any atom is -0.333 e. The Morgan fingerprint density at radius 2 is 1.87 bits per heavy atom. The van der Waals surface area contributed by atoms with Crippen LogP contribution < -0.4 is 5.56 Å². The topological polar surface area (TPSA) is 73.8 Å². The molecule has 0 aliphatic carbocycles. The molecule has 0 N–H and O–H groups in total. The largest absolute Gasteiger partial charge is 0.333 e. The number of benzene rings is 2. The Morgan fingerprint density at radius 1 is 1.10 bits per heavy atom. The number of halogens is 1. The zero-order chi connectivity index (χ0) is 20.7. The number of aromatic nitrogens is 4. The van der Waals surface area contributed by atoms with Gasteiger partial charge in [0.25, 0.3) is 11.4 Å². The Hall–Kier alpha value is -3.29. The molecule has 0 fully saturated rings. The van der Waals surface area contributed by atoms with Crippen LogP contribution in [0.5, 0.6) is 0 Å². The molecule has 0 unspecified atom stereocenters. The smallest absolute Gasteiger partial charge is 0.268 e. The van der Waals surface area contributed by atoms with Gasteiger partial charge >= 0.3 is 0 Å². The van der Waals surface area contributed by atoms with Crippen LogP contribution in [-0.2, 0) is 6.54 Å². The van der Waals surface area contributed by atoms with Crippen LogP contribution in [0.25, 0.3) is 32.4 Å². The molecule has 0 saturated carbocycles. The lowest BCUT2D eigenvalue weighted by molar-refractivity contribution is 0.433. The highest BCUT2D eigenvalue weighted by Gasteiger charge is 2.20. The molecule has 8 heteroatoms. The van der Waals surface area contributed by atoms with E-state index in [1.54, 1.807) is 23.0 Å². The van der Waals surface area contributed by atoms with Crippen LogP contribution >= 0.6 is 22.9 Å². The number of hydrogen-bond donors (Lipinski definition) is 0. The van der Waals surface area contributed by atoms with Crippen LogP contribution in [0.1, 0.15) is 11.1 Å². The molecule has 0 atom stereocenters. The summed E-state index contributed by atoms with van der Waals surface area (Å²) in [6.45, 7) is 2.35. The predicted molar refractivity (Wildman–Crippen MR) is 118 cm³/mol. The lowest BCUT2D eigenvalue weighted by atomic mass is 10.2. The van der Waals surface area contributed by atoms with Gasteiger partial charge in [0.15, 0.2) is 0 Å². The molecule has 0 bridgehead atoms. The minimum atomic E-state index is -0.0821. The Bertz CT molecular complexity index is 1410. The average molecular weight is 435 g/mol. The van der Waals surface area contributed by atoms with Crippen molar-refractivity contribution in [3.63, 3.8) is 0 Å². The first-order valence-electron chi connectivity index (χ1n) is 9.22. The summed E-state index contributed by atoms with van der Waals surface area (Å²) in [5, 5.41) is 5.30. The van der Waals surface area contributed by atoms with Gasteiger partial charge in [-0.05, 0) is 42.3 Å². The Balaban J connectivity index is 1.55. The number of rotatable bonds is 4. The summed E-state index contributed by atoms with van der Waals surface area (Å²) in [6, 6.07) is 17.0. The molecule has 0 aliphatic heterocycles. The van der Waals surface area contributed by atoms with Gasteiger partial charge in [0.05, 0.1) is 23.1 Å². The Kier molecular flexibility index (Phi) is 4.69. The van der Waals surface area contributed by atoms with Gasteiger partial charge in [-0.15, -0.1) is 11.3 Å². The third kappa shape index (κ3) is 3.32. The lowest BCUT2D eigenvalue weighted by Crippen LogP contribution is -2.21. The van der Waals surface area contributed by atoms with E-state index in [4.69, 9.17) is 16.1 Å². The second-order valence-corrected chi connectivity index (χ2v) is 8.27. The maximum absolute atomic E-state index is 13.1. The Morgan fingerprint density at radius 3 is 2.63 bits per heavy atom. The van der Waals surface area contributed by atoms with Crippen LogP contribution in [0.2, 0.25) is 5.02 Å². The first-order valence-corrected chi connectivity index (χ1v) is 10.4. The van der Waals surface area contributed by atoms with Crippen LogP contribution in [0, 0.1) is 6.92 Å². The normalized spacial score (nSPS) is 11.3. The minimum absolute atomic E-state index is 0.0821. The molecule has 0 saturated heterocycles. The highest BCUT2D eigenvalue weighted by atomic mass is 35.5. The van der Waals surface area contributed by atoms with Crippen molar-refractivity contribution < 1.29 is 4.52 Å². The summed E-state index contributed by atoms with van der Waals surface area (Å²) in [7, 11) is 0. The van der Waals surface area contributed by atoms with E-state index >= 15 is 0 Å². The lowest BCUT2D eigenvalue weighted by Gasteiger charge is -2.05. The van der Waals surface area contributed by atoms with E-state index in [-0.39, 0.29) is 5.56 Å². The number of nitrogens with zero attached hydrogens (tertiary/aromatic N) is 4. The maximum atomic E-state index is 13.1. The maximum Gasteiger partial charge on any atom is 0.268 e. The van der Waals surface area contributed by atoms with Crippen molar-refractivity contribution in [2.45, 2.75) is 13.5 Å². The molecule has 0 aliphatic rings. The quantitative estimate of drug-likeness (QED) is 0.389. The summed E-state index contributed by atoms with van der Waals surface area (Å²) in [5.41, 5.74) is 2.55. The van der Waals surface area contributed by atoms with E-state index < -0.39 is 0 Å². The third-order valence-electron chi connectivity index (χ3n) is 4.84. The van der Waals surface area contributed by atoms with Crippen molar-refractivity contribution >= 4 is 33.2 Å². The van der Waals surface area contributed by atoms with E-state index in [1.807, 2.05) is 49.4 Å². The van der Waals surface area contributed by atoms with Crippen molar-refractivity contribution in [3.8, 4) is 22.2 Å². The number of aryl methyl sites for hydroxylation is 1. The van der Waals surface area contributed by atoms with Crippen molar-refractivity contribution in [2.24, 2.45) is 0 Å². The molecule has 3 heterocycles. The fourth-order valence-electron chi connectivity index (χ4n) is 3.29. The molecule has 148 valence electrons. The van der Waals surface area contributed by atoms with Gasteiger partial charge in [-0.25, -0.2) is 4.98 Å². The standard InChI is InChI=1S/C22H15ClN4O2S/c1-13-17-21(24-12-27(22(17)28)11-14-5-3-2-4-6-14)30-18(13)20-25-19(26-29-20)15-7-9-16(23)10-8-15/h2-10,12H,11H2,1H3. The fraction of sp³-hybridized carbons (Fsp3) is 0.0909. The van der Waals surface area contributed by atoms with Crippen molar-refractivity contribution in [1.82, 2.24) is 19.7 Å². The van der Waals surface area contributed by atoms with E-state index in [0.29, 0.717) is 33.5 Å². The summed E-state index contributed by atoms with van der Waals surface area (Å²) < 4.78 is 7.11. The van der Waals surface area contributed by atoms with Crippen molar-refractivity contribution in [2.75, 3.05) is 0 Å². The van der Waals surface area contributed by atoms with Crippen molar-refractivity contribution in [3.05, 3.63) is 87.4 Å². The molecule has 0 amide bonds. The molecule has 0 radical (unpaired) electrons.